The van der Waals surface area contributed by atoms with Crippen molar-refractivity contribution in [2.24, 2.45) is 5.10 Å². The van der Waals surface area contributed by atoms with Crippen LogP contribution < -0.4 is 10.2 Å². The summed E-state index contributed by atoms with van der Waals surface area (Å²) >= 11 is 7.65. The van der Waals surface area contributed by atoms with Crippen LogP contribution >= 0.6 is 22.9 Å². The Labute approximate surface area is 187 Å². The number of nitrogens with one attached hydrogen (secondary N) is 1. The molecule has 0 spiro atoms. The highest BCUT2D eigenvalue weighted by molar-refractivity contribution is 7.21. The zero-order valence-corrected chi connectivity index (χ0v) is 17.8. The van der Waals surface area contributed by atoms with E-state index in [1.807, 2.05) is 54.6 Å². The van der Waals surface area contributed by atoms with Gasteiger partial charge in [-0.25, -0.2) is 10.2 Å². The van der Waals surface area contributed by atoms with Gasteiger partial charge in [-0.15, -0.1) is 11.3 Å². The number of benzene rings is 3. The molecule has 154 valence electrons. The molecule has 4 aromatic rings. The number of carbonyl (C=O) groups is 2. The van der Waals surface area contributed by atoms with Gasteiger partial charge in [0.15, 0.2) is 0 Å². The fourth-order valence-electron chi connectivity index (χ4n) is 2.96. The van der Waals surface area contributed by atoms with Crippen molar-refractivity contribution in [3.63, 3.8) is 0 Å². The van der Waals surface area contributed by atoms with Gasteiger partial charge in [0.25, 0.3) is 0 Å². The number of ether oxygens (including phenoxy) is 1. The summed E-state index contributed by atoms with van der Waals surface area (Å²) in [4.78, 5) is 24.9. The van der Waals surface area contributed by atoms with Crippen LogP contribution in [0.25, 0.3) is 10.1 Å². The van der Waals surface area contributed by atoms with E-state index in [-0.39, 0.29) is 12.3 Å². The molecule has 0 saturated heterocycles. The van der Waals surface area contributed by atoms with Crippen LogP contribution in [0.3, 0.4) is 0 Å². The average molecular weight is 449 g/mol. The largest absolute Gasteiger partial charge is 0.422 e. The third kappa shape index (κ3) is 5.17. The Hall–Kier alpha value is -3.48. The Morgan fingerprint density at radius 2 is 1.77 bits per heavy atom. The summed E-state index contributed by atoms with van der Waals surface area (Å²) in [7, 11) is 0. The molecule has 0 fully saturated rings. The van der Waals surface area contributed by atoms with Gasteiger partial charge in [-0.2, -0.15) is 5.10 Å². The van der Waals surface area contributed by atoms with Crippen LogP contribution in [0.1, 0.15) is 20.8 Å². The van der Waals surface area contributed by atoms with Crippen molar-refractivity contribution in [1.82, 2.24) is 5.43 Å². The Kier molecular flexibility index (Phi) is 6.40. The summed E-state index contributed by atoms with van der Waals surface area (Å²) in [5.41, 5.74) is 4.08. The molecular weight excluding hydrogens is 432 g/mol. The molecule has 4 rings (SSSR count). The van der Waals surface area contributed by atoms with Gasteiger partial charge in [-0.1, -0.05) is 72.3 Å². The fourth-order valence-corrected chi connectivity index (χ4v) is 4.34. The number of hydrogen-bond acceptors (Lipinski definition) is 5. The van der Waals surface area contributed by atoms with Gasteiger partial charge in [0.2, 0.25) is 5.91 Å². The first-order valence-corrected chi connectivity index (χ1v) is 10.6. The predicted octanol–water partition coefficient (Wildman–Crippen LogP) is 5.47. The first kappa shape index (κ1) is 20.8. The zero-order chi connectivity index (χ0) is 21.6. The lowest BCUT2D eigenvalue weighted by molar-refractivity contribution is -0.120. The topological polar surface area (TPSA) is 67.8 Å². The number of thiophene rings is 1. The minimum absolute atomic E-state index is 0.218. The molecule has 0 saturated carbocycles. The van der Waals surface area contributed by atoms with E-state index in [1.54, 1.807) is 24.3 Å². The molecule has 7 heteroatoms. The Morgan fingerprint density at radius 3 is 2.58 bits per heavy atom. The molecule has 0 aliphatic rings. The maximum Gasteiger partial charge on any atom is 0.355 e. The Morgan fingerprint density at radius 1 is 1.00 bits per heavy atom. The van der Waals surface area contributed by atoms with Gasteiger partial charge in [0.05, 0.1) is 17.7 Å². The zero-order valence-electron chi connectivity index (χ0n) is 16.2. The normalized spacial score (nSPS) is 11.0. The number of rotatable bonds is 6. The van der Waals surface area contributed by atoms with Crippen molar-refractivity contribution in [3.8, 4) is 5.75 Å². The second kappa shape index (κ2) is 9.55. The van der Waals surface area contributed by atoms with Crippen molar-refractivity contribution in [1.29, 1.82) is 0 Å². The molecule has 1 heterocycles. The van der Waals surface area contributed by atoms with Crippen molar-refractivity contribution in [2.45, 2.75) is 6.42 Å². The molecule has 1 amide bonds. The highest BCUT2D eigenvalue weighted by Gasteiger charge is 2.19. The van der Waals surface area contributed by atoms with E-state index < -0.39 is 5.97 Å². The number of esters is 1. The van der Waals surface area contributed by atoms with Crippen molar-refractivity contribution in [3.05, 3.63) is 99.9 Å². The SMILES string of the molecule is O=C(Cc1ccccc1)N/N=C\c1cccc(OC(=O)c2sc3ccccc3c2Cl)c1. The first-order valence-electron chi connectivity index (χ1n) is 9.45. The summed E-state index contributed by atoms with van der Waals surface area (Å²) in [6, 6.07) is 23.8. The molecule has 31 heavy (non-hydrogen) atoms. The highest BCUT2D eigenvalue weighted by Crippen LogP contribution is 2.35. The second-order valence-corrected chi connectivity index (χ2v) is 8.09. The monoisotopic (exact) mass is 448 g/mol. The van der Waals surface area contributed by atoms with Gasteiger partial charge in [0.1, 0.15) is 10.6 Å². The average Bonchev–Trinajstić information content (AvgIpc) is 3.12. The fraction of sp³-hybridized carbons (Fsp3) is 0.0417. The van der Waals surface area contributed by atoms with Crippen LogP contribution in [-0.4, -0.2) is 18.1 Å². The van der Waals surface area contributed by atoms with E-state index in [0.29, 0.717) is 21.2 Å². The van der Waals surface area contributed by atoms with Crippen molar-refractivity contribution >= 4 is 51.1 Å². The molecule has 0 aliphatic heterocycles. The van der Waals surface area contributed by atoms with Crippen LogP contribution in [-0.2, 0) is 11.2 Å². The van der Waals surface area contributed by atoms with Crippen LogP contribution in [0.4, 0.5) is 0 Å². The van der Waals surface area contributed by atoms with E-state index in [9.17, 15) is 9.59 Å². The van der Waals surface area contributed by atoms with E-state index >= 15 is 0 Å². The summed E-state index contributed by atoms with van der Waals surface area (Å²) in [5, 5.41) is 5.20. The number of carbonyl (C=O) groups excluding carboxylic acids is 2. The van der Waals surface area contributed by atoms with Crippen LogP contribution in [0.15, 0.2) is 84.0 Å². The molecule has 3 aromatic carbocycles. The molecule has 0 atom stereocenters. The predicted molar refractivity (Wildman–Crippen MR) is 124 cm³/mol. The third-order valence-electron chi connectivity index (χ3n) is 4.40. The first-order chi connectivity index (χ1) is 15.1. The molecule has 1 aromatic heterocycles. The van der Waals surface area contributed by atoms with Gasteiger partial charge < -0.3 is 4.74 Å². The summed E-state index contributed by atoms with van der Waals surface area (Å²) in [6.07, 6.45) is 1.73. The minimum Gasteiger partial charge on any atom is -0.422 e. The molecule has 0 aliphatic carbocycles. The summed E-state index contributed by atoms with van der Waals surface area (Å²) in [6.45, 7) is 0. The quantitative estimate of drug-likeness (QED) is 0.184. The number of amides is 1. The summed E-state index contributed by atoms with van der Waals surface area (Å²) in [5.74, 6) is -0.376. The lowest BCUT2D eigenvalue weighted by Gasteiger charge is -2.04. The van der Waals surface area contributed by atoms with Crippen LogP contribution in [0.5, 0.6) is 5.75 Å². The molecule has 1 N–H and O–H groups in total. The summed E-state index contributed by atoms with van der Waals surface area (Å²) < 4.78 is 6.42. The standard InChI is InChI=1S/C24H17ClN2O3S/c25-22-19-11-4-5-12-20(19)31-23(22)24(29)30-18-10-6-9-17(13-18)15-26-27-21(28)14-16-7-2-1-3-8-16/h1-13,15H,14H2,(H,27,28)/b26-15-. The number of hydrogen-bond donors (Lipinski definition) is 1. The van der Waals surface area contributed by atoms with Crippen molar-refractivity contribution in [2.75, 3.05) is 0 Å². The number of halogens is 1. The van der Waals surface area contributed by atoms with E-state index in [4.69, 9.17) is 16.3 Å². The molecule has 5 nitrogen and oxygen atoms in total. The highest BCUT2D eigenvalue weighted by atomic mass is 35.5. The van der Waals surface area contributed by atoms with Gasteiger partial charge in [-0.05, 0) is 29.3 Å². The van der Waals surface area contributed by atoms with Gasteiger partial charge >= 0.3 is 5.97 Å². The van der Waals surface area contributed by atoms with Crippen LogP contribution in [0, 0.1) is 0 Å². The Bertz CT molecular complexity index is 1270. The van der Waals surface area contributed by atoms with Gasteiger partial charge in [-0.3, -0.25) is 4.79 Å². The van der Waals surface area contributed by atoms with Crippen molar-refractivity contribution < 1.29 is 14.3 Å². The Balaban J connectivity index is 1.39. The number of fused-ring (bicyclic) bond motifs is 1. The lowest BCUT2D eigenvalue weighted by atomic mass is 10.1. The smallest absolute Gasteiger partial charge is 0.355 e. The maximum atomic E-state index is 12.6. The maximum absolute atomic E-state index is 12.6. The van der Waals surface area contributed by atoms with E-state index in [2.05, 4.69) is 10.5 Å². The molecule has 0 unspecified atom stereocenters. The number of hydrazone groups is 1. The minimum atomic E-state index is -0.517. The van der Waals surface area contributed by atoms with Gasteiger partial charge in [0, 0.05) is 10.1 Å². The second-order valence-electron chi connectivity index (χ2n) is 6.66. The van der Waals surface area contributed by atoms with E-state index in [0.717, 1.165) is 15.6 Å². The van der Waals surface area contributed by atoms with Crippen LogP contribution in [0.2, 0.25) is 5.02 Å². The molecule has 0 bridgehead atoms. The third-order valence-corrected chi connectivity index (χ3v) is 6.05. The molecule has 0 radical (unpaired) electrons. The molecular formula is C24H17ClN2O3S. The number of nitrogens with zero attached hydrogens (tertiary/aromatic N) is 1. The van der Waals surface area contributed by atoms with E-state index in [1.165, 1.54) is 17.6 Å². The lowest BCUT2D eigenvalue weighted by Crippen LogP contribution is -2.19.